The molecule has 3 N–H and O–H groups in total. The van der Waals surface area contributed by atoms with Gasteiger partial charge in [0.25, 0.3) is 0 Å². The van der Waals surface area contributed by atoms with E-state index in [-0.39, 0.29) is 5.91 Å². The first-order valence-corrected chi connectivity index (χ1v) is 6.73. The van der Waals surface area contributed by atoms with Crippen molar-refractivity contribution in [1.29, 1.82) is 0 Å². The second-order valence-electron chi connectivity index (χ2n) is 4.66. The van der Waals surface area contributed by atoms with Gasteiger partial charge in [-0.3, -0.25) is 9.78 Å². The predicted octanol–water partition coefficient (Wildman–Crippen LogP) is 2.09. The number of nitrogens with zero attached hydrogens (tertiary/aromatic N) is 1. The zero-order chi connectivity index (χ0) is 14.4. The number of pyridine rings is 1. The molecular weight excluding hydrogens is 250 g/mol. The summed E-state index contributed by atoms with van der Waals surface area (Å²) in [5.74, 6) is -0.0247. The van der Waals surface area contributed by atoms with Gasteiger partial charge >= 0.3 is 0 Å². The van der Waals surface area contributed by atoms with E-state index >= 15 is 0 Å². The summed E-state index contributed by atoms with van der Waals surface area (Å²) in [6, 6.07) is 11.3. The van der Waals surface area contributed by atoms with E-state index < -0.39 is 0 Å². The average molecular weight is 269 g/mol. The standard InChI is InChI=1S/C16H19N3O/c1-2-13-6-4-8-18-15(13)11-19-16(20)10-12-5-3-7-14(17)9-12/h3-9H,2,10-11,17H2,1H3,(H,19,20). The number of nitrogens with two attached hydrogens (primary N) is 1. The van der Waals surface area contributed by atoms with Gasteiger partial charge in [-0.25, -0.2) is 0 Å². The van der Waals surface area contributed by atoms with Gasteiger partial charge in [-0.2, -0.15) is 0 Å². The third-order valence-corrected chi connectivity index (χ3v) is 3.13. The summed E-state index contributed by atoms with van der Waals surface area (Å²) < 4.78 is 0. The first-order valence-electron chi connectivity index (χ1n) is 6.73. The molecule has 0 aliphatic heterocycles. The second kappa shape index (κ2) is 6.70. The van der Waals surface area contributed by atoms with E-state index in [0.717, 1.165) is 23.2 Å². The number of amides is 1. The minimum absolute atomic E-state index is 0.0247. The molecule has 0 spiro atoms. The van der Waals surface area contributed by atoms with Gasteiger partial charge in [-0.1, -0.05) is 25.1 Å². The largest absolute Gasteiger partial charge is 0.399 e. The summed E-state index contributed by atoms with van der Waals surface area (Å²) in [5.41, 5.74) is 9.38. The maximum absolute atomic E-state index is 11.9. The molecule has 0 aliphatic rings. The number of nitrogens with one attached hydrogen (secondary N) is 1. The van der Waals surface area contributed by atoms with Crippen LogP contribution in [0.15, 0.2) is 42.6 Å². The lowest BCUT2D eigenvalue weighted by Gasteiger charge is -2.08. The van der Waals surface area contributed by atoms with E-state index in [9.17, 15) is 4.79 Å². The van der Waals surface area contributed by atoms with Crippen LogP contribution in [0.25, 0.3) is 0 Å². The van der Waals surface area contributed by atoms with Gasteiger partial charge in [0, 0.05) is 11.9 Å². The van der Waals surface area contributed by atoms with Crippen molar-refractivity contribution < 1.29 is 4.79 Å². The van der Waals surface area contributed by atoms with E-state index in [1.165, 1.54) is 0 Å². The van der Waals surface area contributed by atoms with Crippen LogP contribution in [0.4, 0.5) is 5.69 Å². The Kier molecular flexibility index (Phi) is 4.71. The fourth-order valence-electron chi connectivity index (χ4n) is 2.09. The molecule has 1 aromatic heterocycles. The number of rotatable bonds is 5. The molecule has 0 fully saturated rings. The number of anilines is 1. The number of hydrogen-bond donors (Lipinski definition) is 2. The van der Waals surface area contributed by atoms with Crippen LogP contribution in [-0.2, 0) is 24.2 Å². The highest BCUT2D eigenvalue weighted by Gasteiger charge is 2.06. The summed E-state index contributed by atoms with van der Waals surface area (Å²) in [6.07, 6.45) is 2.99. The third-order valence-electron chi connectivity index (χ3n) is 3.13. The zero-order valence-corrected chi connectivity index (χ0v) is 11.6. The fourth-order valence-corrected chi connectivity index (χ4v) is 2.09. The maximum atomic E-state index is 11.9. The van der Waals surface area contributed by atoms with Gasteiger partial charge in [0.05, 0.1) is 18.7 Å². The van der Waals surface area contributed by atoms with Crippen molar-refractivity contribution in [3.05, 3.63) is 59.4 Å². The normalized spacial score (nSPS) is 10.2. The molecule has 2 aromatic rings. The molecule has 2 rings (SSSR count). The molecule has 1 aromatic carbocycles. The summed E-state index contributed by atoms with van der Waals surface area (Å²) in [5, 5.41) is 2.90. The molecule has 4 heteroatoms. The molecule has 0 saturated heterocycles. The number of aryl methyl sites for hydroxylation is 1. The molecule has 0 unspecified atom stereocenters. The van der Waals surface area contributed by atoms with E-state index in [2.05, 4.69) is 17.2 Å². The van der Waals surface area contributed by atoms with Gasteiger partial charge < -0.3 is 11.1 Å². The lowest BCUT2D eigenvalue weighted by molar-refractivity contribution is -0.120. The van der Waals surface area contributed by atoms with Crippen molar-refractivity contribution in [3.63, 3.8) is 0 Å². The highest BCUT2D eigenvalue weighted by molar-refractivity contribution is 5.78. The summed E-state index contributed by atoms with van der Waals surface area (Å²) in [4.78, 5) is 16.2. The Morgan fingerprint density at radius 3 is 2.90 bits per heavy atom. The molecule has 0 atom stereocenters. The Bertz CT molecular complexity index is 596. The first kappa shape index (κ1) is 14.1. The predicted molar refractivity (Wildman–Crippen MR) is 80.0 cm³/mol. The third kappa shape index (κ3) is 3.82. The average Bonchev–Trinajstić information content (AvgIpc) is 2.45. The SMILES string of the molecule is CCc1cccnc1CNC(=O)Cc1cccc(N)c1. The minimum Gasteiger partial charge on any atom is -0.399 e. The van der Waals surface area contributed by atoms with Crippen molar-refractivity contribution in [2.24, 2.45) is 0 Å². The molecule has 1 amide bonds. The fraction of sp³-hybridized carbons (Fsp3) is 0.250. The second-order valence-corrected chi connectivity index (χ2v) is 4.66. The molecule has 0 saturated carbocycles. The van der Waals surface area contributed by atoms with Crippen LogP contribution >= 0.6 is 0 Å². The number of hydrogen-bond acceptors (Lipinski definition) is 3. The van der Waals surface area contributed by atoms with Crippen LogP contribution in [0.3, 0.4) is 0 Å². The van der Waals surface area contributed by atoms with Gasteiger partial charge in [-0.05, 0) is 35.7 Å². The van der Waals surface area contributed by atoms with Crippen LogP contribution < -0.4 is 11.1 Å². The number of carbonyl (C=O) groups is 1. The van der Waals surface area contributed by atoms with Crippen LogP contribution in [0.5, 0.6) is 0 Å². The first-order chi connectivity index (χ1) is 9.69. The number of aromatic nitrogens is 1. The molecule has 0 bridgehead atoms. The Hall–Kier alpha value is -2.36. The summed E-state index contributed by atoms with van der Waals surface area (Å²) in [7, 11) is 0. The monoisotopic (exact) mass is 269 g/mol. The molecular formula is C16H19N3O. The van der Waals surface area contributed by atoms with Crippen LogP contribution in [0, 0.1) is 0 Å². The van der Waals surface area contributed by atoms with E-state index in [1.807, 2.05) is 36.4 Å². The lowest BCUT2D eigenvalue weighted by Crippen LogP contribution is -2.25. The van der Waals surface area contributed by atoms with E-state index in [0.29, 0.717) is 18.7 Å². The topological polar surface area (TPSA) is 68.0 Å². The van der Waals surface area contributed by atoms with E-state index in [4.69, 9.17) is 5.73 Å². The molecule has 1 heterocycles. The number of carbonyl (C=O) groups excluding carboxylic acids is 1. The highest BCUT2D eigenvalue weighted by atomic mass is 16.1. The maximum Gasteiger partial charge on any atom is 0.224 e. The van der Waals surface area contributed by atoms with Crippen molar-refractivity contribution in [3.8, 4) is 0 Å². The van der Waals surface area contributed by atoms with Gasteiger partial charge in [0.15, 0.2) is 0 Å². The highest BCUT2D eigenvalue weighted by Crippen LogP contribution is 2.08. The van der Waals surface area contributed by atoms with Crippen molar-refractivity contribution >= 4 is 11.6 Å². The van der Waals surface area contributed by atoms with Crippen LogP contribution in [-0.4, -0.2) is 10.9 Å². The Labute approximate surface area is 119 Å². The van der Waals surface area contributed by atoms with Crippen LogP contribution in [0.2, 0.25) is 0 Å². The smallest absolute Gasteiger partial charge is 0.224 e. The quantitative estimate of drug-likeness (QED) is 0.817. The van der Waals surface area contributed by atoms with Crippen molar-refractivity contribution in [2.75, 3.05) is 5.73 Å². The Balaban J connectivity index is 1.92. The molecule has 104 valence electrons. The molecule has 0 aliphatic carbocycles. The molecule has 4 nitrogen and oxygen atoms in total. The van der Waals surface area contributed by atoms with Crippen LogP contribution in [0.1, 0.15) is 23.7 Å². The molecule has 0 radical (unpaired) electrons. The van der Waals surface area contributed by atoms with Gasteiger partial charge in [0.1, 0.15) is 0 Å². The van der Waals surface area contributed by atoms with Crippen molar-refractivity contribution in [2.45, 2.75) is 26.3 Å². The number of nitrogen functional groups attached to an aromatic ring is 1. The van der Waals surface area contributed by atoms with E-state index in [1.54, 1.807) is 6.20 Å². The summed E-state index contributed by atoms with van der Waals surface area (Å²) in [6.45, 7) is 2.54. The summed E-state index contributed by atoms with van der Waals surface area (Å²) >= 11 is 0. The molecule has 20 heavy (non-hydrogen) atoms. The Morgan fingerprint density at radius 1 is 1.30 bits per heavy atom. The van der Waals surface area contributed by atoms with Gasteiger partial charge in [-0.15, -0.1) is 0 Å². The lowest BCUT2D eigenvalue weighted by atomic mass is 10.1. The number of benzene rings is 1. The Morgan fingerprint density at radius 2 is 2.15 bits per heavy atom. The zero-order valence-electron chi connectivity index (χ0n) is 11.6. The minimum atomic E-state index is -0.0247. The van der Waals surface area contributed by atoms with Crippen molar-refractivity contribution in [1.82, 2.24) is 10.3 Å². The van der Waals surface area contributed by atoms with Gasteiger partial charge in [0.2, 0.25) is 5.91 Å².